The van der Waals surface area contributed by atoms with Crippen LogP contribution in [0.3, 0.4) is 0 Å². The summed E-state index contributed by atoms with van der Waals surface area (Å²) < 4.78 is 9.43. The summed E-state index contributed by atoms with van der Waals surface area (Å²) >= 11 is 1.53. The van der Waals surface area contributed by atoms with Crippen molar-refractivity contribution in [2.75, 3.05) is 0 Å². The molecule has 3 heterocycles. The molecule has 0 aliphatic heterocycles. The van der Waals surface area contributed by atoms with Crippen LogP contribution in [-0.2, 0) is 12.3 Å². The van der Waals surface area contributed by atoms with Gasteiger partial charge in [0.1, 0.15) is 6.26 Å². The fourth-order valence-corrected chi connectivity index (χ4v) is 4.71. The first kappa shape index (κ1) is 21.5. The Morgan fingerprint density at radius 2 is 1.85 bits per heavy atom. The Bertz CT molecular complexity index is 1470. The number of thioether (sulfide) groups is 1. The Labute approximate surface area is 195 Å². The van der Waals surface area contributed by atoms with Crippen molar-refractivity contribution in [1.29, 1.82) is 0 Å². The van der Waals surface area contributed by atoms with E-state index in [9.17, 15) is 4.79 Å². The van der Waals surface area contributed by atoms with Gasteiger partial charge in [0, 0.05) is 17.9 Å². The van der Waals surface area contributed by atoms with E-state index in [1.807, 2.05) is 52.9 Å². The molecular weight excluding hydrogens is 434 g/mol. The summed E-state index contributed by atoms with van der Waals surface area (Å²) in [6.07, 6.45) is 4.77. The van der Waals surface area contributed by atoms with Crippen LogP contribution in [0, 0.1) is 6.92 Å². The van der Waals surface area contributed by atoms with Crippen molar-refractivity contribution in [3.8, 4) is 11.5 Å². The van der Waals surface area contributed by atoms with Crippen LogP contribution < -0.4 is 5.56 Å². The molecule has 3 aromatic heterocycles. The number of benzene rings is 2. The van der Waals surface area contributed by atoms with Crippen LogP contribution >= 0.6 is 11.8 Å². The smallest absolute Gasteiger partial charge is 0.262 e. The number of hydrogen-bond acceptors (Lipinski definition) is 6. The Morgan fingerprint density at radius 1 is 1.03 bits per heavy atom. The van der Waals surface area contributed by atoms with Gasteiger partial charge < -0.3 is 4.42 Å². The fourth-order valence-electron chi connectivity index (χ4n) is 3.89. The molecule has 33 heavy (non-hydrogen) atoms. The number of aryl methyl sites for hydroxylation is 2. The van der Waals surface area contributed by atoms with Gasteiger partial charge in [-0.25, -0.2) is 4.98 Å². The van der Waals surface area contributed by atoms with E-state index in [-0.39, 0.29) is 5.56 Å². The molecule has 0 saturated heterocycles. The SMILES string of the molecule is CCCCCn1c(=O)c2ccccc2n2c(SCc3coc(-c4ccc(C)cc4)n3)nnc12. The van der Waals surface area contributed by atoms with Crippen LogP contribution in [0.2, 0.25) is 0 Å². The number of unbranched alkanes of at least 4 members (excludes halogenated alkanes) is 2. The Kier molecular flexibility index (Phi) is 6.00. The molecule has 0 fully saturated rings. The van der Waals surface area contributed by atoms with Gasteiger partial charge in [-0.05, 0) is 37.6 Å². The lowest BCUT2D eigenvalue weighted by molar-refractivity contribution is 0.573. The van der Waals surface area contributed by atoms with Crippen LogP contribution in [-0.4, -0.2) is 24.1 Å². The average molecular weight is 460 g/mol. The van der Waals surface area contributed by atoms with Gasteiger partial charge in [-0.1, -0.05) is 61.4 Å². The van der Waals surface area contributed by atoms with E-state index in [1.54, 1.807) is 10.8 Å². The normalized spacial score (nSPS) is 11.6. The molecular formula is C25H25N5O2S. The number of oxazole rings is 1. The molecule has 8 heteroatoms. The summed E-state index contributed by atoms with van der Waals surface area (Å²) in [4.78, 5) is 17.8. The van der Waals surface area contributed by atoms with E-state index < -0.39 is 0 Å². The first-order chi connectivity index (χ1) is 16.2. The van der Waals surface area contributed by atoms with E-state index in [4.69, 9.17) is 4.42 Å². The Morgan fingerprint density at radius 3 is 2.67 bits per heavy atom. The second-order valence-electron chi connectivity index (χ2n) is 8.10. The van der Waals surface area contributed by atoms with Crippen molar-refractivity contribution in [3.05, 3.63) is 76.4 Å². The van der Waals surface area contributed by atoms with Crippen molar-refractivity contribution in [1.82, 2.24) is 24.1 Å². The van der Waals surface area contributed by atoms with Gasteiger partial charge in [0.25, 0.3) is 5.56 Å². The van der Waals surface area contributed by atoms with E-state index in [0.717, 1.165) is 41.2 Å². The lowest BCUT2D eigenvalue weighted by atomic mass is 10.1. The zero-order valence-electron chi connectivity index (χ0n) is 18.7. The predicted octanol–water partition coefficient (Wildman–Crippen LogP) is 5.49. The third-order valence-corrected chi connectivity index (χ3v) is 6.63. The lowest BCUT2D eigenvalue weighted by Crippen LogP contribution is -2.23. The van der Waals surface area contributed by atoms with Crippen molar-refractivity contribution >= 4 is 28.4 Å². The van der Waals surface area contributed by atoms with Gasteiger partial charge >= 0.3 is 0 Å². The molecule has 0 unspecified atom stereocenters. The maximum Gasteiger partial charge on any atom is 0.262 e. The van der Waals surface area contributed by atoms with Gasteiger partial charge in [-0.3, -0.25) is 13.8 Å². The second kappa shape index (κ2) is 9.23. The third kappa shape index (κ3) is 4.18. The zero-order valence-corrected chi connectivity index (χ0v) is 19.5. The van der Waals surface area contributed by atoms with Crippen molar-refractivity contribution < 1.29 is 4.42 Å². The maximum atomic E-state index is 13.1. The van der Waals surface area contributed by atoms with E-state index in [2.05, 4.69) is 29.0 Å². The van der Waals surface area contributed by atoms with Gasteiger partial charge in [0.05, 0.1) is 16.6 Å². The van der Waals surface area contributed by atoms with E-state index in [0.29, 0.717) is 29.4 Å². The third-order valence-electron chi connectivity index (χ3n) is 5.66. The molecule has 2 aromatic carbocycles. The van der Waals surface area contributed by atoms with Gasteiger partial charge in [0.2, 0.25) is 11.7 Å². The minimum absolute atomic E-state index is 0.0163. The molecule has 0 bridgehead atoms. The Balaban J connectivity index is 1.47. The predicted molar refractivity (Wildman–Crippen MR) is 131 cm³/mol. The minimum Gasteiger partial charge on any atom is -0.444 e. The highest BCUT2D eigenvalue weighted by molar-refractivity contribution is 7.98. The van der Waals surface area contributed by atoms with Crippen molar-refractivity contribution in [2.45, 2.75) is 50.6 Å². The number of rotatable bonds is 8. The first-order valence-electron chi connectivity index (χ1n) is 11.2. The molecule has 0 atom stereocenters. The monoisotopic (exact) mass is 459 g/mol. The minimum atomic E-state index is -0.0163. The number of fused-ring (bicyclic) bond motifs is 3. The number of nitrogens with zero attached hydrogens (tertiary/aromatic N) is 5. The quantitative estimate of drug-likeness (QED) is 0.226. The largest absolute Gasteiger partial charge is 0.444 e. The highest BCUT2D eigenvalue weighted by Crippen LogP contribution is 2.26. The van der Waals surface area contributed by atoms with Gasteiger partial charge in [-0.15, -0.1) is 10.2 Å². The number of aromatic nitrogens is 5. The van der Waals surface area contributed by atoms with Crippen LogP contribution in [0.15, 0.2) is 69.2 Å². The van der Waals surface area contributed by atoms with Crippen LogP contribution in [0.1, 0.15) is 37.4 Å². The molecule has 0 aliphatic rings. The van der Waals surface area contributed by atoms with E-state index >= 15 is 0 Å². The summed E-state index contributed by atoms with van der Waals surface area (Å²) in [6.45, 7) is 4.84. The molecule has 0 amide bonds. The molecule has 168 valence electrons. The molecule has 7 nitrogen and oxygen atoms in total. The topological polar surface area (TPSA) is 78.2 Å². The lowest BCUT2D eigenvalue weighted by Gasteiger charge is -2.10. The summed E-state index contributed by atoms with van der Waals surface area (Å²) in [5, 5.41) is 10.2. The Hall–Kier alpha value is -3.39. The average Bonchev–Trinajstić information content (AvgIpc) is 3.48. The molecule has 0 aliphatic carbocycles. The maximum absolute atomic E-state index is 13.1. The summed E-state index contributed by atoms with van der Waals surface area (Å²) in [5.74, 6) is 1.77. The van der Waals surface area contributed by atoms with Crippen molar-refractivity contribution in [2.24, 2.45) is 0 Å². The van der Waals surface area contributed by atoms with Crippen molar-refractivity contribution in [3.63, 3.8) is 0 Å². The standard InChI is InChI=1S/C25H25N5O2S/c1-3-4-7-14-29-23(31)20-8-5-6-9-21(20)30-24(29)27-28-25(30)33-16-19-15-32-22(26-19)18-12-10-17(2)11-13-18/h5-6,8-13,15H,3-4,7,14,16H2,1-2H3. The van der Waals surface area contributed by atoms with Gasteiger partial charge in [0.15, 0.2) is 5.16 Å². The van der Waals surface area contributed by atoms with Crippen LogP contribution in [0.4, 0.5) is 0 Å². The first-order valence-corrected chi connectivity index (χ1v) is 12.1. The molecule has 0 N–H and O–H groups in total. The molecule has 0 radical (unpaired) electrons. The highest BCUT2D eigenvalue weighted by atomic mass is 32.2. The number of hydrogen-bond donors (Lipinski definition) is 0. The molecule has 0 saturated carbocycles. The highest BCUT2D eigenvalue weighted by Gasteiger charge is 2.17. The summed E-state index contributed by atoms with van der Waals surface area (Å²) in [7, 11) is 0. The summed E-state index contributed by atoms with van der Waals surface area (Å²) in [6, 6.07) is 15.7. The fraction of sp³-hybridized carbons (Fsp3) is 0.280. The zero-order chi connectivity index (χ0) is 22.8. The van der Waals surface area contributed by atoms with Crippen LogP contribution in [0.25, 0.3) is 28.1 Å². The van der Waals surface area contributed by atoms with E-state index in [1.165, 1.54) is 17.3 Å². The summed E-state index contributed by atoms with van der Waals surface area (Å²) in [5.41, 5.74) is 3.77. The van der Waals surface area contributed by atoms with Gasteiger partial charge in [-0.2, -0.15) is 0 Å². The molecule has 5 aromatic rings. The second-order valence-corrected chi connectivity index (χ2v) is 9.04. The molecule has 0 spiro atoms. The van der Waals surface area contributed by atoms with Crippen LogP contribution in [0.5, 0.6) is 0 Å². The molecule has 5 rings (SSSR count). The number of para-hydroxylation sites is 1.